The molecule has 11 nitrogen and oxygen atoms in total. The van der Waals surface area contributed by atoms with Crippen molar-refractivity contribution in [1.82, 2.24) is 5.32 Å². The van der Waals surface area contributed by atoms with E-state index in [1.807, 2.05) is 66.7 Å². The molecule has 2 heterocycles. The predicted octanol–water partition coefficient (Wildman–Crippen LogP) is 5.75. The molecule has 44 heavy (non-hydrogen) atoms. The molecule has 1 aliphatic heterocycles. The van der Waals surface area contributed by atoms with Crippen LogP contribution in [0.2, 0.25) is 0 Å². The number of para-hydroxylation sites is 1. The van der Waals surface area contributed by atoms with Gasteiger partial charge in [-0.05, 0) is 18.2 Å². The maximum absolute atomic E-state index is 12.9. The Morgan fingerprint density at radius 1 is 0.977 bits per heavy atom. The number of ether oxygens (including phenoxy) is 1. The number of aliphatic imine (C=N–C) groups is 1. The molecule has 0 saturated heterocycles. The number of hydrogen-bond acceptors (Lipinski definition) is 8. The number of hydrogen-bond donors (Lipinski definition) is 3. The van der Waals surface area contributed by atoms with Crippen molar-refractivity contribution in [2.45, 2.75) is 6.17 Å². The SMILES string of the molecule is COc1cc([N+](=O)[O-])ccc1C(=O)N[C@H]1N=C(c2ccccc2)c2ccccc2NC1=O.O=C(O)c1csc2ccccc12. The summed E-state index contributed by atoms with van der Waals surface area (Å²) in [7, 11) is 1.30. The monoisotopic (exact) mass is 608 g/mol. The molecule has 0 radical (unpaired) electrons. The standard InChI is InChI=1S/C23H18N4O5.C9H6O2S/c1-32-19-13-15(27(30)31)11-12-17(19)22(28)26-21-23(29)24-18-10-6-5-9-16(18)20(25-21)14-7-3-2-4-8-14;10-9(11)7-5-12-8-4-2-1-3-6(7)8/h2-13,21H,1H3,(H,24,29)(H,26,28);1-5H,(H,10,11)/t21-;/m1./s1. The summed E-state index contributed by atoms with van der Waals surface area (Å²) in [5.41, 5.74) is 2.84. The first-order valence-corrected chi connectivity index (χ1v) is 14.0. The van der Waals surface area contributed by atoms with E-state index in [-0.39, 0.29) is 17.0 Å². The van der Waals surface area contributed by atoms with Gasteiger partial charge in [-0.25, -0.2) is 9.79 Å². The second-order valence-corrected chi connectivity index (χ2v) is 10.3. The van der Waals surface area contributed by atoms with Crippen molar-refractivity contribution in [2.24, 2.45) is 4.99 Å². The molecule has 0 fully saturated rings. The van der Waals surface area contributed by atoms with Gasteiger partial charge in [0.1, 0.15) is 5.75 Å². The van der Waals surface area contributed by atoms with E-state index in [0.29, 0.717) is 17.0 Å². The number of carboxylic acid groups (broad SMARTS) is 1. The highest BCUT2D eigenvalue weighted by Crippen LogP contribution is 2.27. The molecule has 0 aliphatic carbocycles. The van der Waals surface area contributed by atoms with E-state index in [2.05, 4.69) is 15.6 Å². The van der Waals surface area contributed by atoms with Crippen LogP contribution in [0.25, 0.3) is 10.1 Å². The first-order chi connectivity index (χ1) is 21.3. The summed E-state index contributed by atoms with van der Waals surface area (Å²) in [6.07, 6.45) is -1.23. The summed E-state index contributed by atoms with van der Waals surface area (Å²) >= 11 is 1.46. The smallest absolute Gasteiger partial charge is 0.337 e. The number of nitro benzene ring substituents is 1. The van der Waals surface area contributed by atoms with E-state index in [4.69, 9.17) is 9.84 Å². The average Bonchev–Trinajstić information content (AvgIpc) is 3.42. The summed E-state index contributed by atoms with van der Waals surface area (Å²) in [5, 5.41) is 27.7. The number of aromatic carboxylic acids is 1. The van der Waals surface area contributed by atoms with Gasteiger partial charge in [-0.3, -0.25) is 19.7 Å². The Morgan fingerprint density at radius 2 is 1.68 bits per heavy atom. The lowest BCUT2D eigenvalue weighted by Crippen LogP contribution is -2.42. The van der Waals surface area contributed by atoms with Crippen LogP contribution in [-0.4, -0.2) is 46.8 Å². The van der Waals surface area contributed by atoms with E-state index in [0.717, 1.165) is 27.3 Å². The third-order valence-corrected chi connectivity index (χ3v) is 7.58. The molecule has 1 atom stereocenters. The van der Waals surface area contributed by atoms with Gasteiger partial charge in [0.25, 0.3) is 17.5 Å². The Balaban J connectivity index is 0.000000266. The zero-order valence-electron chi connectivity index (χ0n) is 23.1. The Labute approximate surface area is 254 Å². The number of thiophene rings is 1. The van der Waals surface area contributed by atoms with Crippen LogP contribution < -0.4 is 15.4 Å². The molecule has 0 saturated carbocycles. The molecule has 1 aromatic heterocycles. The minimum Gasteiger partial charge on any atom is -0.496 e. The number of carbonyl (C=O) groups is 3. The van der Waals surface area contributed by atoms with Gasteiger partial charge in [-0.15, -0.1) is 11.3 Å². The minimum atomic E-state index is -1.23. The number of fused-ring (bicyclic) bond motifs is 2. The minimum absolute atomic E-state index is 0.0151. The number of carboxylic acids is 1. The molecule has 4 aromatic carbocycles. The van der Waals surface area contributed by atoms with Gasteiger partial charge in [0, 0.05) is 32.7 Å². The lowest BCUT2D eigenvalue weighted by Gasteiger charge is -2.15. The number of methoxy groups -OCH3 is 1. The molecule has 6 rings (SSSR count). The van der Waals surface area contributed by atoms with Crippen molar-refractivity contribution in [2.75, 3.05) is 12.4 Å². The zero-order chi connectivity index (χ0) is 31.2. The van der Waals surface area contributed by atoms with E-state index in [1.165, 1.54) is 30.6 Å². The highest BCUT2D eigenvalue weighted by atomic mass is 32.1. The number of rotatable bonds is 6. The van der Waals surface area contributed by atoms with E-state index < -0.39 is 28.9 Å². The topological polar surface area (TPSA) is 160 Å². The molecule has 0 unspecified atom stereocenters. The van der Waals surface area contributed by atoms with Crippen molar-refractivity contribution in [1.29, 1.82) is 0 Å². The number of benzodiazepines with no additional fused rings is 1. The summed E-state index contributed by atoms with van der Waals surface area (Å²) in [6, 6.07) is 27.7. The van der Waals surface area contributed by atoms with Gasteiger partial charge in [0.05, 0.1) is 40.6 Å². The van der Waals surface area contributed by atoms with Crippen molar-refractivity contribution >= 4 is 56.3 Å². The van der Waals surface area contributed by atoms with Gasteiger partial charge in [0.2, 0.25) is 6.17 Å². The summed E-state index contributed by atoms with van der Waals surface area (Å²) < 4.78 is 6.16. The molecule has 1 aliphatic rings. The van der Waals surface area contributed by atoms with Crippen LogP contribution in [-0.2, 0) is 4.79 Å². The summed E-state index contributed by atoms with van der Waals surface area (Å²) in [6.45, 7) is 0. The number of nitro groups is 1. The Morgan fingerprint density at radius 3 is 2.41 bits per heavy atom. The summed E-state index contributed by atoms with van der Waals surface area (Å²) in [4.78, 5) is 51.5. The normalized spacial score (nSPS) is 13.7. The maximum atomic E-state index is 12.9. The predicted molar refractivity (Wildman–Crippen MR) is 167 cm³/mol. The van der Waals surface area contributed by atoms with Crippen molar-refractivity contribution in [3.63, 3.8) is 0 Å². The fourth-order valence-corrected chi connectivity index (χ4v) is 5.44. The number of carbonyl (C=O) groups excluding carboxylic acids is 2. The van der Waals surface area contributed by atoms with E-state index in [1.54, 1.807) is 17.5 Å². The van der Waals surface area contributed by atoms with Gasteiger partial charge in [-0.2, -0.15) is 0 Å². The molecular weight excluding hydrogens is 584 g/mol. The fourth-order valence-electron chi connectivity index (χ4n) is 4.51. The van der Waals surface area contributed by atoms with Crippen LogP contribution in [0.5, 0.6) is 5.75 Å². The highest BCUT2D eigenvalue weighted by molar-refractivity contribution is 7.17. The van der Waals surface area contributed by atoms with Crippen LogP contribution in [0.15, 0.2) is 107 Å². The van der Waals surface area contributed by atoms with Crippen LogP contribution in [0, 0.1) is 10.1 Å². The quantitative estimate of drug-likeness (QED) is 0.163. The Hall–Kier alpha value is -5.88. The number of non-ortho nitro benzene ring substituents is 1. The molecule has 3 N–H and O–H groups in total. The first kappa shape index (κ1) is 29.6. The third-order valence-electron chi connectivity index (χ3n) is 6.61. The zero-order valence-corrected chi connectivity index (χ0v) is 23.9. The van der Waals surface area contributed by atoms with Gasteiger partial charge in [-0.1, -0.05) is 66.7 Å². The van der Waals surface area contributed by atoms with E-state index in [9.17, 15) is 24.5 Å². The number of amides is 2. The molecule has 220 valence electrons. The second-order valence-electron chi connectivity index (χ2n) is 9.35. The van der Waals surface area contributed by atoms with Crippen molar-refractivity contribution in [3.05, 3.63) is 135 Å². The van der Waals surface area contributed by atoms with Crippen molar-refractivity contribution in [3.8, 4) is 5.75 Å². The maximum Gasteiger partial charge on any atom is 0.337 e. The van der Waals surface area contributed by atoms with E-state index >= 15 is 0 Å². The summed E-state index contributed by atoms with van der Waals surface area (Å²) in [5.74, 6) is -2.01. The Kier molecular flexibility index (Phi) is 8.72. The lowest BCUT2D eigenvalue weighted by molar-refractivity contribution is -0.384. The molecule has 0 bridgehead atoms. The molecular formula is C32H24N4O7S. The lowest BCUT2D eigenvalue weighted by atomic mass is 10.0. The van der Waals surface area contributed by atoms with Gasteiger partial charge < -0.3 is 20.5 Å². The highest BCUT2D eigenvalue weighted by Gasteiger charge is 2.28. The first-order valence-electron chi connectivity index (χ1n) is 13.1. The molecule has 2 amide bonds. The fraction of sp³-hybridized carbons (Fsp3) is 0.0625. The van der Waals surface area contributed by atoms with Gasteiger partial charge in [0.15, 0.2) is 0 Å². The number of benzene rings is 4. The van der Waals surface area contributed by atoms with Crippen molar-refractivity contribution < 1.29 is 29.2 Å². The third kappa shape index (κ3) is 6.30. The van der Waals surface area contributed by atoms with Crippen LogP contribution in [0.3, 0.4) is 0 Å². The number of nitrogens with zero attached hydrogens (tertiary/aromatic N) is 2. The molecule has 5 aromatic rings. The van der Waals surface area contributed by atoms with Crippen LogP contribution in [0.1, 0.15) is 31.8 Å². The molecule has 0 spiro atoms. The Bertz CT molecular complexity index is 1920. The molecule has 12 heteroatoms. The number of anilines is 1. The van der Waals surface area contributed by atoms with Gasteiger partial charge >= 0.3 is 5.97 Å². The second kappa shape index (κ2) is 13.0. The number of nitrogens with one attached hydrogen (secondary N) is 2. The van der Waals surface area contributed by atoms with Crippen LogP contribution in [0.4, 0.5) is 11.4 Å². The largest absolute Gasteiger partial charge is 0.496 e. The van der Waals surface area contributed by atoms with Crippen LogP contribution >= 0.6 is 11.3 Å². The average molecular weight is 609 g/mol.